The van der Waals surface area contributed by atoms with Crippen LogP contribution in [-0.2, 0) is 9.59 Å². The van der Waals surface area contributed by atoms with E-state index in [1.807, 2.05) is 73.9 Å². The lowest BCUT2D eigenvalue weighted by Gasteiger charge is -2.48. The fraction of sp³-hybridized carbons (Fsp3) is 0.267. The van der Waals surface area contributed by atoms with Crippen LogP contribution < -0.4 is 9.80 Å². The van der Waals surface area contributed by atoms with Gasteiger partial charge in [-0.2, -0.15) is 0 Å². The van der Waals surface area contributed by atoms with Crippen LogP contribution >= 0.6 is 0 Å². The number of ketones is 2. The van der Waals surface area contributed by atoms with Gasteiger partial charge in [0.15, 0.2) is 23.7 Å². The number of hydrogen-bond donors (Lipinski definition) is 0. The van der Waals surface area contributed by atoms with Crippen molar-refractivity contribution in [2.45, 2.75) is 51.9 Å². The molecule has 0 unspecified atom stereocenters. The molecular weight excluding hydrogens is 420 g/mol. The molecule has 1 aliphatic rings. The zero-order valence-corrected chi connectivity index (χ0v) is 20.1. The number of benzene rings is 4. The maximum Gasteiger partial charge on any atom is 0.193 e. The number of hydrogen-bond acceptors (Lipinski definition) is 4. The predicted molar refractivity (Wildman–Crippen MR) is 141 cm³/mol. The summed E-state index contributed by atoms with van der Waals surface area (Å²) >= 11 is 0. The van der Waals surface area contributed by atoms with Crippen LogP contribution in [0.3, 0.4) is 0 Å². The number of rotatable bonds is 6. The van der Waals surface area contributed by atoms with Gasteiger partial charge in [-0.25, -0.2) is 0 Å². The van der Waals surface area contributed by atoms with Gasteiger partial charge in [0.05, 0.1) is 0 Å². The van der Waals surface area contributed by atoms with Crippen molar-refractivity contribution in [3.05, 3.63) is 84.9 Å². The highest BCUT2D eigenvalue weighted by Crippen LogP contribution is 2.35. The van der Waals surface area contributed by atoms with Crippen LogP contribution in [0.25, 0.3) is 21.5 Å². The Bertz CT molecular complexity index is 1270. The highest BCUT2D eigenvalue weighted by atomic mass is 16.2. The molecule has 5 rings (SSSR count). The van der Waals surface area contributed by atoms with E-state index in [0.717, 1.165) is 32.9 Å². The van der Waals surface area contributed by atoms with Gasteiger partial charge in [-0.15, -0.1) is 0 Å². The van der Waals surface area contributed by atoms with Crippen molar-refractivity contribution >= 4 is 44.5 Å². The van der Waals surface area contributed by atoms with Crippen molar-refractivity contribution in [2.75, 3.05) is 9.80 Å². The minimum Gasteiger partial charge on any atom is -0.352 e. The summed E-state index contributed by atoms with van der Waals surface area (Å²) < 4.78 is 0. The van der Waals surface area contributed by atoms with E-state index in [0.29, 0.717) is 0 Å². The number of Topliss-reactive ketones (excluding diaryl/α,β-unsaturated/α-hetero) is 2. The number of fused-ring (bicyclic) bond motifs is 2. The first-order valence-electron chi connectivity index (χ1n) is 12.0. The van der Waals surface area contributed by atoms with Gasteiger partial charge in [0, 0.05) is 23.5 Å². The second-order valence-corrected chi connectivity index (χ2v) is 9.67. The van der Waals surface area contributed by atoms with Crippen LogP contribution in [0.2, 0.25) is 0 Å². The Morgan fingerprint density at radius 2 is 0.882 bits per heavy atom. The number of carbonyl (C=O) groups is 2. The summed E-state index contributed by atoms with van der Waals surface area (Å²) in [5.41, 5.74) is 1.81. The fourth-order valence-corrected chi connectivity index (χ4v) is 5.20. The first-order valence-corrected chi connectivity index (χ1v) is 12.0. The largest absolute Gasteiger partial charge is 0.352 e. The second kappa shape index (κ2) is 8.60. The number of carbonyl (C=O) groups excluding carboxylic acids is 2. The van der Waals surface area contributed by atoms with Crippen molar-refractivity contribution in [3.8, 4) is 0 Å². The molecule has 0 radical (unpaired) electrons. The van der Waals surface area contributed by atoms with E-state index >= 15 is 0 Å². The molecule has 1 aliphatic carbocycles. The smallest absolute Gasteiger partial charge is 0.193 e. The average Bonchev–Trinajstić information content (AvgIpc) is 2.84. The summed E-state index contributed by atoms with van der Waals surface area (Å²) in [6.07, 6.45) is 0. The summed E-state index contributed by atoms with van der Waals surface area (Å²) in [5, 5.41) is 4.48. The Morgan fingerprint density at radius 3 is 1.24 bits per heavy atom. The van der Waals surface area contributed by atoms with E-state index in [1.54, 1.807) is 0 Å². The maximum absolute atomic E-state index is 13.6. The van der Waals surface area contributed by atoms with Gasteiger partial charge in [-0.1, -0.05) is 60.7 Å². The zero-order chi connectivity index (χ0) is 24.0. The topological polar surface area (TPSA) is 40.6 Å². The van der Waals surface area contributed by atoms with Crippen molar-refractivity contribution in [1.29, 1.82) is 0 Å². The first-order chi connectivity index (χ1) is 16.4. The van der Waals surface area contributed by atoms with Crippen LogP contribution in [0.15, 0.2) is 84.9 Å². The molecule has 4 aromatic rings. The monoisotopic (exact) mass is 450 g/mol. The minimum absolute atomic E-state index is 0.00758. The van der Waals surface area contributed by atoms with E-state index in [9.17, 15) is 9.59 Å². The molecule has 172 valence electrons. The Morgan fingerprint density at radius 1 is 0.529 bits per heavy atom. The van der Waals surface area contributed by atoms with Crippen LogP contribution in [-0.4, -0.2) is 35.7 Å². The van der Waals surface area contributed by atoms with Crippen molar-refractivity contribution in [2.24, 2.45) is 0 Å². The molecule has 0 aromatic heterocycles. The Kier molecular flexibility index (Phi) is 5.60. The van der Waals surface area contributed by atoms with E-state index in [4.69, 9.17) is 0 Å². The lowest BCUT2D eigenvalue weighted by atomic mass is 9.79. The van der Waals surface area contributed by atoms with Crippen LogP contribution in [0.5, 0.6) is 0 Å². The molecule has 1 saturated carbocycles. The fourth-order valence-electron chi connectivity index (χ4n) is 5.20. The molecule has 0 spiro atoms. The third-order valence-electron chi connectivity index (χ3n) is 6.81. The van der Waals surface area contributed by atoms with Crippen LogP contribution in [0.1, 0.15) is 27.7 Å². The quantitative estimate of drug-likeness (QED) is 0.337. The standard InChI is InChI=1S/C30H30N2O2/c1-19(2)31(25-15-13-21-9-5-7-11-23(21)17-25)27-29(33)28(30(27)34)32(20(3)4)26-16-14-22-10-6-8-12-24(22)18-26/h5-20,27-28H,1-4H3. The van der Waals surface area contributed by atoms with E-state index in [2.05, 4.69) is 48.5 Å². The summed E-state index contributed by atoms with van der Waals surface area (Å²) in [7, 11) is 0. The molecule has 0 atom stereocenters. The van der Waals surface area contributed by atoms with Crippen LogP contribution in [0.4, 0.5) is 11.4 Å². The molecule has 0 aliphatic heterocycles. The van der Waals surface area contributed by atoms with Gasteiger partial charge in [0.25, 0.3) is 0 Å². The summed E-state index contributed by atoms with van der Waals surface area (Å²) in [6, 6.07) is 27.1. The van der Waals surface area contributed by atoms with Crippen molar-refractivity contribution in [1.82, 2.24) is 0 Å². The van der Waals surface area contributed by atoms with Crippen LogP contribution in [0, 0.1) is 0 Å². The van der Waals surface area contributed by atoms with Gasteiger partial charge in [-0.3, -0.25) is 9.59 Å². The molecule has 4 nitrogen and oxygen atoms in total. The highest BCUT2D eigenvalue weighted by molar-refractivity contribution is 6.33. The first kappa shape index (κ1) is 22.1. The Hall–Kier alpha value is -3.66. The normalized spacial score (nSPS) is 18.1. The maximum atomic E-state index is 13.6. The Balaban J connectivity index is 1.48. The summed E-state index contributed by atoms with van der Waals surface area (Å²) in [4.78, 5) is 31.2. The SMILES string of the molecule is CC(C)N(c1ccc2ccccc2c1)C1C(=O)C(N(c2ccc3ccccc3c2)C(C)C)C1=O. The summed E-state index contributed by atoms with van der Waals surface area (Å²) in [5.74, 6) is -0.0672. The molecule has 4 heteroatoms. The van der Waals surface area contributed by atoms with Gasteiger partial charge in [-0.05, 0) is 73.5 Å². The van der Waals surface area contributed by atoms with Gasteiger partial charge >= 0.3 is 0 Å². The van der Waals surface area contributed by atoms with Gasteiger partial charge in [0.1, 0.15) is 0 Å². The molecule has 1 fully saturated rings. The third kappa shape index (κ3) is 3.63. The lowest BCUT2D eigenvalue weighted by Crippen LogP contribution is -2.72. The zero-order valence-electron chi connectivity index (χ0n) is 20.1. The molecule has 0 bridgehead atoms. The van der Waals surface area contributed by atoms with Gasteiger partial charge in [0.2, 0.25) is 0 Å². The van der Waals surface area contributed by atoms with Crippen molar-refractivity contribution < 1.29 is 9.59 Å². The predicted octanol–water partition coefficient (Wildman–Crippen LogP) is 6.01. The molecule has 0 N–H and O–H groups in total. The molecular formula is C30H30N2O2. The molecule has 0 heterocycles. The third-order valence-corrected chi connectivity index (χ3v) is 6.81. The average molecular weight is 451 g/mol. The molecule has 34 heavy (non-hydrogen) atoms. The van der Waals surface area contributed by atoms with E-state index in [1.165, 1.54) is 0 Å². The second-order valence-electron chi connectivity index (χ2n) is 9.67. The summed E-state index contributed by atoms with van der Waals surface area (Å²) in [6.45, 7) is 8.14. The van der Waals surface area contributed by atoms with Crippen molar-refractivity contribution in [3.63, 3.8) is 0 Å². The molecule has 0 saturated heterocycles. The van der Waals surface area contributed by atoms with E-state index < -0.39 is 12.1 Å². The lowest BCUT2D eigenvalue weighted by molar-refractivity contribution is -0.142. The Labute approximate surface area is 200 Å². The molecule has 0 amide bonds. The van der Waals surface area contributed by atoms with Gasteiger partial charge < -0.3 is 9.80 Å². The number of anilines is 2. The minimum atomic E-state index is -0.757. The highest BCUT2D eigenvalue weighted by Gasteiger charge is 2.55. The molecule has 4 aromatic carbocycles. The number of nitrogens with zero attached hydrogens (tertiary/aromatic N) is 2. The van der Waals surface area contributed by atoms with E-state index in [-0.39, 0.29) is 23.7 Å².